The lowest BCUT2D eigenvalue weighted by Gasteiger charge is -1.83. The highest BCUT2D eigenvalue weighted by Gasteiger charge is 1.72. The predicted molar refractivity (Wildman–Crippen MR) is 25.2 cm³/mol. The van der Waals surface area contributed by atoms with Crippen LogP contribution in [0.1, 0.15) is 13.3 Å². The van der Waals surface area contributed by atoms with Gasteiger partial charge in [-0.25, -0.2) is 0 Å². The first-order chi connectivity index (χ1) is 2.91. The highest BCUT2D eigenvalue weighted by molar-refractivity contribution is 7.17. The van der Waals surface area contributed by atoms with E-state index in [-0.39, 0.29) is 0 Å². The lowest BCUT2D eigenvalue weighted by molar-refractivity contribution is 0.342. The summed E-state index contributed by atoms with van der Waals surface area (Å²) >= 11 is 0. The minimum Gasteiger partial charge on any atom is -0.306 e. The fraction of sp³-hybridized carbons (Fsp3) is 1.00. The minimum atomic E-state index is -0.585. The van der Waals surface area contributed by atoms with Crippen LogP contribution < -0.4 is 0 Å². The standard InChI is InChI=1S/C3H8O2P/c1-2-3-5-6-4/h6H,2-3H2,1H3. The number of hydrogen-bond donors (Lipinski definition) is 0. The maximum absolute atomic E-state index is 9.49. The molecule has 1 atom stereocenters. The molecule has 0 fully saturated rings. The monoisotopic (exact) mass is 107 g/mol. The average molecular weight is 107 g/mol. The molecule has 1 radical (unpaired) electrons. The highest BCUT2D eigenvalue weighted by atomic mass is 31.1. The van der Waals surface area contributed by atoms with Gasteiger partial charge in [-0.2, -0.15) is 0 Å². The van der Waals surface area contributed by atoms with Crippen LogP contribution in [-0.4, -0.2) is 6.61 Å². The van der Waals surface area contributed by atoms with E-state index in [0.717, 1.165) is 6.42 Å². The zero-order valence-electron chi connectivity index (χ0n) is 3.73. The van der Waals surface area contributed by atoms with Gasteiger partial charge in [-0.05, 0) is 6.42 Å². The van der Waals surface area contributed by atoms with Crippen LogP contribution in [-0.2, 0) is 9.09 Å². The van der Waals surface area contributed by atoms with Crippen molar-refractivity contribution >= 4 is 8.69 Å². The SMILES string of the molecule is CCCO[PH]=O. The van der Waals surface area contributed by atoms with Crippen molar-refractivity contribution in [2.45, 2.75) is 13.3 Å². The molecule has 0 aliphatic carbocycles. The second-order valence-electron chi connectivity index (χ2n) is 0.932. The molecule has 0 rings (SSSR count). The van der Waals surface area contributed by atoms with Crippen LogP contribution in [0.2, 0.25) is 0 Å². The fourth-order valence-corrected chi connectivity index (χ4v) is 0.431. The topological polar surface area (TPSA) is 26.3 Å². The van der Waals surface area contributed by atoms with Crippen LogP contribution in [0.4, 0.5) is 0 Å². The Hall–Kier alpha value is 0.0600. The first-order valence-corrected chi connectivity index (χ1v) is 2.72. The van der Waals surface area contributed by atoms with E-state index < -0.39 is 8.69 Å². The Labute approximate surface area is 38.8 Å². The molecule has 0 bridgehead atoms. The summed E-state index contributed by atoms with van der Waals surface area (Å²) in [4.78, 5) is 0. The highest BCUT2D eigenvalue weighted by Crippen LogP contribution is 1.93. The van der Waals surface area contributed by atoms with E-state index in [1.165, 1.54) is 0 Å². The molecule has 6 heavy (non-hydrogen) atoms. The molecule has 0 spiro atoms. The Kier molecular flexibility index (Phi) is 5.11. The Morgan fingerprint density at radius 3 is 2.67 bits per heavy atom. The molecule has 0 N–H and O–H groups in total. The quantitative estimate of drug-likeness (QED) is 0.402. The first kappa shape index (κ1) is 6.06. The molecule has 1 unspecified atom stereocenters. The smallest absolute Gasteiger partial charge is 0.198 e. The van der Waals surface area contributed by atoms with E-state index >= 15 is 0 Å². The lowest BCUT2D eigenvalue weighted by Crippen LogP contribution is -1.74. The van der Waals surface area contributed by atoms with Crippen molar-refractivity contribution in [2.75, 3.05) is 6.61 Å². The fourth-order valence-electron chi connectivity index (χ4n) is 0.144. The van der Waals surface area contributed by atoms with Crippen molar-refractivity contribution in [1.29, 1.82) is 0 Å². The van der Waals surface area contributed by atoms with E-state index in [2.05, 4.69) is 4.52 Å². The lowest BCUT2D eigenvalue weighted by atomic mass is 10.5. The van der Waals surface area contributed by atoms with Gasteiger partial charge < -0.3 is 4.52 Å². The normalized spacial score (nSPS) is 9.50. The van der Waals surface area contributed by atoms with E-state index in [0.29, 0.717) is 6.61 Å². The van der Waals surface area contributed by atoms with Crippen LogP contribution >= 0.6 is 8.69 Å². The van der Waals surface area contributed by atoms with Crippen molar-refractivity contribution < 1.29 is 9.09 Å². The molecule has 3 heteroatoms. The summed E-state index contributed by atoms with van der Waals surface area (Å²) in [5.41, 5.74) is 0. The van der Waals surface area contributed by atoms with Gasteiger partial charge in [0.1, 0.15) is 0 Å². The van der Waals surface area contributed by atoms with Crippen LogP contribution in [0.25, 0.3) is 0 Å². The molecule has 37 valence electrons. The van der Waals surface area contributed by atoms with Gasteiger partial charge in [0.05, 0.1) is 6.61 Å². The second-order valence-corrected chi connectivity index (χ2v) is 1.39. The summed E-state index contributed by atoms with van der Waals surface area (Å²) in [6.45, 7) is 2.59. The molecule has 0 aromatic heterocycles. The Bertz CT molecular complexity index is 37.8. The van der Waals surface area contributed by atoms with Crippen LogP contribution in [0.3, 0.4) is 0 Å². The van der Waals surface area contributed by atoms with Gasteiger partial charge in [-0.15, -0.1) is 0 Å². The van der Waals surface area contributed by atoms with Crippen LogP contribution in [0, 0.1) is 0 Å². The largest absolute Gasteiger partial charge is 0.306 e. The van der Waals surface area contributed by atoms with Crippen molar-refractivity contribution in [3.05, 3.63) is 0 Å². The van der Waals surface area contributed by atoms with Gasteiger partial charge in [0.25, 0.3) is 0 Å². The Balaban J connectivity index is 2.49. The third-order valence-corrected chi connectivity index (χ3v) is 0.687. The van der Waals surface area contributed by atoms with E-state index in [1.54, 1.807) is 0 Å². The third kappa shape index (κ3) is 4.06. The minimum absolute atomic E-state index is 0.585. The van der Waals surface area contributed by atoms with Crippen molar-refractivity contribution in [3.8, 4) is 0 Å². The molecule has 0 aliphatic rings. The zero-order valence-corrected chi connectivity index (χ0v) is 4.73. The van der Waals surface area contributed by atoms with Gasteiger partial charge >= 0.3 is 0 Å². The van der Waals surface area contributed by atoms with Gasteiger partial charge in [0, 0.05) is 0 Å². The van der Waals surface area contributed by atoms with Crippen molar-refractivity contribution in [2.24, 2.45) is 0 Å². The third-order valence-electron chi connectivity index (χ3n) is 0.365. The average Bonchev–Trinajstić information content (AvgIpc) is 1.61. The van der Waals surface area contributed by atoms with Crippen molar-refractivity contribution in [3.63, 3.8) is 0 Å². The van der Waals surface area contributed by atoms with Crippen LogP contribution in [0.15, 0.2) is 0 Å². The van der Waals surface area contributed by atoms with Gasteiger partial charge in [0.15, 0.2) is 8.69 Å². The molecule has 0 saturated heterocycles. The second kappa shape index (κ2) is 5.06. The predicted octanol–water partition coefficient (Wildman–Crippen LogP) is 1.35. The maximum atomic E-state index is 9.49. The summed E-state index contributed by atoms with van der Waals surface area (Å²) in [6, 6.07) is 0. The summed E-state index contributed by atoms with van der Waals surface area (Å²) in [5, 5.41) is 0. The molecule has 0 amide bonds. The number of rotatable bonds is 3. The van der Waals surface area contributed by atoms with E-state index in [4.69, 9.17) is 0 Å². The zero-order chi connectivity index (χ0) is 4.83. The Morgan fingerprint density at radius 2 is 2.50 bits per heavy atom. The first-order valence-electron chi connectivity index (χ1n) is 1.90. The van der Waals surface area contributed by atoms with E-state index in [9.17, 15) is 4.57 Å². The van der Waals surface area contributed by atoms with Gasteiger partial charge in [0.2, 0.25) is 0 Å². The molecule has 0 heterocycles. The van der Waals surface area contributed by atoms with Crippen LogP contribution in [0.5, 0.6) is 0 Å². The summed E-state index contributed by atoms with van der Waals surface area (Å²) < 4.78 is 13.9. The summed E-state index contributed by atoms with van der Waals surface area (Å²) in [6.07, 6.45) is 0.940. The molecule has 0 aliphatic heterocycles. The van der Waals surface area contributed by atoms with E-state index in [1.807, 2.05) is 6.92 Å². The molecule has 0 saturated carbocycles. The molecular formula is C3H8O2P. The Morgan fingerprint density at radius 1 is 1.83 bits per heavy atom. The van der Waals surface area contributed by atoms with Crippen molar-refractivity contribution in [1.82, 2.24) is 0 Å². The molecule has 0 aromatic rings. The molecule has 2 nitrogen and oxygen atoms in total. The summed E-state index contributed by atoms with van der Waals surface area (Å²) in [7, 11) is -0.585. The number of hydrogen-bond acceptors (Lipinski definition) is 2. The molecular weight excluding hydrogens is 99.0 g/mol. The molecule has 0 aromatic carbocycles. The maximum Gasteiger partial charge on any atom is 0.198 e. The van der Waals surface area contributed by atoms with Gasteiger partial charge in [-0.3, -0.25) is 4.57 Å². The summed E-state index contributed by atoms with van der Waals surface area (Å²) in [5.74, 6) is 0. The van der Waals surface area contributed by atoms with Gasteiger partial charge in [-0.1, -0.05) is 6.92 Å².